The molecule has 2 fully saturated rings. The molecule has 4 N–H and O–H groups in total. The number of carbonyl (C=O) groups is 2. The molecule has 0 aliphatic heterocycles. The highest BCUT2D eigenvalue weighted by Crippen LogP contribution is 2.27. The second-order valence-electron chi connectivity index (χ2n) is 7.63. The second kappa shape index (κ2) is 8.54. The van der Waals surface area contributed by atoms with E-state index in [0.29, 0.717) is 24.6 Å². The Bertz CT molecular complexity index is 620. The quantitative estimate of drug-likeness (QED) is 0.603. The van der Waals surface area contributed by atoms with E-state index in [0.717, 1.165) is 50.5 Å². The van der Waals surface area contributed by atoms with E-state index in [4.69, 9.17) is 0 Å². The summed E-state index contributed by atoms with van der Waals surface area (Å²) < 4.78 is 0. The lowest BCUT2D eigenvalue weighted by atomic mass is 9.85. The summed E-state index contributed by atoms with van der Waals surface area (Å²) in [6.07, 6.45) is 8.06. The molecule has 3 amide bonds. The maximum atomic E-state index is 12.0. The summed E-state index contributed by atoms with van der Waals surface area (Å²) in [5, 5.41) is 18.9. The number of amides is 3. The van der Waals surface area contributed by atoms with Crippen LogP contribution in [-0.2, 0) is 11.2 Å². The molecule has 6 heteroatoms. The highest BCUT2D eigenvalue weighted by atomic mass is 16.3. The van der Waals surface area contributed by atoms with Crippen molar-refractivity contribution in [3.63, 3.8) is 0 Å². The third kappa shape index (κ3) is 6.02. The largest absolute Gasteiger partial charge is 0.388 e. The van der Waals surface area contributed by atoms with E-state index in [1.54, 1.807) is 0 Å². The summed E-state index contributed by atoms with van der Waals surface area (Å²) >= 11 is 0. The molecule has 0 aromatic heterocycles. The van der Waals surface area contributed by atoms with Crippen LogP contribution < -0.4 is 16.0 Å². The molecule has 1 aromatic carbocycles. The van der Waals surface area contributed by atoms with Crippen molar-refractivity contribution < 1.29 is 14.7 Å². The molecule has 0 spiro atoms. The van der Waals surface area contributed by atoms with Crippen molar-refractivity contribution in [3.8, 4) is 0 Å². The summed E-state index contributed by atoms with van der Waals surface area (Å²) in [5.74, 6) is 0.106. The zero-order chi connectivity index (χ0) is 18.4. The fourth-order valence-electron chi connectivity index (χ4n) is 3.35. The number of benzene rings is 1. The Morgan fingerprint density at radius 3 is 2.42 bits per heavy atom. The first-order valence-corrected chi connectivity index (χ1v) is 9.68. The molecule has 1 aromatic rings. The molecule has 2 aliphatic rings. The van der Waals surface area contributed by atoms with Crippen LogP contribution in [0.5, 0.6) is 0 Å². The highest BCUT2D eigenvalue weighted by Gasteiger charge is 2.29. The number of urea groups is 1. The van der Waals surface area contributed by atoms with Gasteiger partial charge in [-0.3, -0.25) is 4.79 Å². The summed E-state index contributed by atoms with van der Waals surface area (Å²) in [5.41, 5.74) is 1.00. The zero-order valence-electron chi connectivity index (χ0n) is 15.2. The summed E-state index contributed by atoms with van der Waals surface area (Å²) in [4.78, 5) is 23.7. The van der Waals surface area contributed by atoms with Crippen LogP contribution in [-0.4, -0.2) is 35.2 Å². The molecular formula is C20H29N3O3. The molecule has 6 nitrogen and oxygen atoms in total. The highest BCUT2D eigenvalue weighted by molar-refractivity contribution is 5.89. The van der Waals surface area contributed by atoms with Gasteiger partial charge in [0.1, 0.15) is 0 Å². The molecule has 0 bridgehead atoms. The number of hydrogen-bond acceptors (Lipinski definition) is 3. The Kier molecular flexibility index (Phi) is 6.14. The van der Waals surface area contributed by atoms with Crippen LogP contribution in [0.1, 0.15) is 56.9 Å². The minimum absolute atomic E-state index is 0.106. The summed E-state index contributed by atoms with van der Waals surface area (Å²) in [7, 11) is 0. The monoisotopic (exact) mass is 359 g/mol. The molecule has 142 valence electrons. The Hall–Kier alpha value is -2.08. The predicted octanol–water partition coefficient (Wildman–Crippen LogP) is 2.71. The molecule has 2 aliphatic carbocycles. The molecule has 0 unspecified atom stereocenters. The van der Waals surface area contributed by atoms with Gasteiger partial charge < -0.3 is 21.1 Å². The van der Waals surface area contributed by atoms with Crippen LogP contribution in [0.3, 0.4) is 0 Å². The van der Waals surface area contributed by atoms with E-state index in [1.165, 1.54) is 0 Å². The van der Waals surface area contributed by atoms with Crippen LogP contribution in [0, 0.1) is 0 Å². The number of carbonyl (C=O) groups excluding carboxylic acids is 2. The van der Waals surface area contributed by atoms with Crippen LogP contribution in [0.15, 0.2) is 24.3 Å². The average Bonchev–Trinajstić information content (AvgIpc) is 3.44. The third-order valence-corrected chi connectivity index (χ3v) is 5.16. The summed E-state index contributed by atoms with van der Waals surface area (Å²) in [6.45, 7) is 0.285. The summed E-state index contributed by atoms with van der Waals surface area (Å²) in [6, 6.07) is 7.62. The van der Waals surface area contributed by atoms with Gasteiger partial charge in [-0.1, -0.05) is 31.4 Å². The normalized spacial score (nSPS) is 18.8. The number of nitrogens with one attached hydrogen (secondary N) is 3. The molecule has 26 heavy (non-hydrogen) atoms. The lowest BCUT2D eigenvalue weighted by Crippen LogP contribution is -2.45. The Balaban J connectivity index is 1.38. The van der Waals surface area contributed by atoms with Gasteiger partial charge in [-0.05, 0) is 49.8 Å². The van der Waals surface area contributed by atoms with Gasteiger partial charge >= 0.3 is 6.03 Å². The standard InChI is InChI=1S/C20H29N3O3/c24-18(22-16-9-10-16)11-6-15-4-7-17(8-5-15)23-19(25)21-14-20(26)12-2-1-3-13-20/h4-5,7-8,16,26H,1-3,6,9-14H2,(H,22,24)(H2,21,23,25). The van der Waals surface area contributed by atoms with Crippen LogP contribution in [0.4, 0.5) is 10.5 Å². The number of anilines is 1. The van der Waals surface area contributed by atoms with Crippen molar-refractivity contribution in [2.24, 2.45) is 0 Å². The Labute approximate surface area is 154 Å². The number of aryl methyl sites for hydroxylation is 1. The van der Waals surface area contributed by atoms with Gasteiger partial charge in [-0.25, -0.2) is 4.79 Å². The molecule has 2 saturated carbocycles. The van der Waals surface area contributed by atoms with Crippen molar-refractivity contribution >= 4 is 17.6 Å². The van der Waals surface area contributed by atoms with Crippen molar-refractivity contribution in [2.45, 2.75) is 69.4 Å². The van der Waals surface area contributed by atoms with Gasteiger partial charge in [0.05, 0.1) is 5.60 Å². The van der Waals surface area contributed by atoms with Crippen LogP contribution >= 0.6 is 0 Å². The minimum atomic E-state index is -0.763. The zero-order valence-corrected chi connectivity index (χ0v) is 15.2. The predicted molar refractivity (Wildman–Crippen MR) is 101 cm³/mol. The first-order chi connectivity index (χ1) is 12.5. The van der Waals surface area contributed by atoms with Crippen molar-refractivity contribution in [3.05, 3.63) is 29.8 Å². The van der Waals surface area contributed by atoms with E-state index >= 15 is 0 Å². The molecule has 3 rings (SSSR count). The fraction of sp³-hybridized carbons (Fsp3) is 0.600. The minimum Gasteiger partial charge on any atom is -0.388 e. The van der Waals surface area contributed by atoms with Crippen molar-refractivity contribution in [1.29, 1.82) is 0 Å². The topological polar surface area (TPSA) is 90.5 Å². The van der Waals surface area contributed by atoms with E-state index in [2.05, 4.69) is 16.0 Å². The molecule has 0 atom stereocenters. The lowest BCUT2D eigenvalue weighted by molar-refractivity contribution is -0.121. The third-order valence-electron chi connectivity index (χ3n) is 5.16. The van der Waals surface area contributed by atoms with Gasteiger partial charge in [-0.15, -0.1) is 0 Å². The maximum Gasteiger partial charge on any atom is 0.319 e. The van der Waals surface area contributed by atoms with Crippen molar-refractivity contribution in [2.75, 3.05) is 11.9 Å². The van der Waals surface area contributed by atoms with Gasteiger partial charge in [-0.2, -0.15) is 0 Å². The van der Waals surface area contributed by atoms with Crippen molar-refractivity contribution in [1.82, 2.24) is 10.6 Å². The van der Waals surface area contributed by atoms with E-state index < -0.39 is 5.60 Å². The fourth-order valence-corrected chi connectivity index (χ4v) is 3.35. The van der Waals surface area contributed by atoms with E-state index in [-0.39, 0.29) is 18.5 Å². The lowest BCUT2D eigenvalue weighted by Gasteiger charge is -2.32. The maximum absolute atomic E-state index is 12.0. The molecule has 0 radical (unpaired) electrons. The Morgan fingerprint density at radius 1 is 1.08 bits per heavy atom. The smallest absolute Gasteiger partial charge is 0.319 e. The SMILES string of the molecule is O=C(CCc1ccc(NC(=O)NCC2(O)CCCCC2)cc1)NC1CC1. The van der Waals surface area contributed by atoms with Gasteiger partial charge in [0.2, 0.25) is 5.91 Å². The number of hydrogen-bond donors (Lipinski definition) is 4. The van der Waals surface area contributed by atoms with Gasteiger partial charge in [0.15, 0.2) is 0 Å². The Morgan fingerprint density at radius 2 is 1.77 bits per heavy atom. The molecule has 0 heterocycles. The first-order valence-electron chi connectivity index (χ1n) is 9.68. The average molecular weight is 359 g/mol. The number of aliphatic hydroxyl groups is 1. The van der Waals surface area contributed by atoms with E-state index in [9.17, 15) is 14.7 Å². The van der Waals surface area contributed by atoms with E-state index in [1.807, 2.05) is 24.3 Å². The van der Waals surface area contributed by atoms with Gasteiger partial charge in [0, 0.05) is 24.7 Å². The number of rotatable bonds is 7. The molecule has 0 saturated heterocycles. The van der Waals surface area contributed by atoms with Crippen LogP contribution in [0.25, 0.3) is 0 Å². The van der Waals surface area contributed by atoms with Gasteiger partial charge in [0.25, 0.3) is 0 Å². The van der Waals surface area contributed by atoms with Crippen LogP contribution in [0.2, 0.25) is 0 Å². The molecular weight excluding hydrogens is 330 g/mol. The first kappa shape index (κ1) is 18.7. The second-order valence-corrected chi connectivity index (χ2v) is 7.63.